The van der Waals surface area contributed by atoms with Crippen LogP contribution in [0.25, 0.3) is 0 Å². The van der Waals surface area contributed by atoms with Crippen molar-refractivity contribution in [2.45, 2.75) is 45.3 Å². The molecule has 8 heteroatoms. The van der Waals surface area contributed by atoms with Crippen molar-refractivity contribution in [2.24, 2.45) is 0 Å². The summed E-state index contributed by atoms with van der Waals surface area (Å²) in [5, 5.41) is 9.76. The van der Waals surface area contributed by atoms with Crippen LogP contribution in [-0.4, -0.2) is 106 Å². The summed E-state index contributed by atoms with van der Waals surface area (Å²) in [6, 6.07) is 0. The maximum absolute atomic E-state index is 9.76. The summed E-state index contributed by atoms with van der Waals surface area (Å²) in [6.07, 6.45) is 2.07. The van der Waals surface area contributed by atoms with Gasteiger partial charge in [-0.15, -0.1) is 0 Å². The molecular formula is C20H46O8. The van der Waals surface area contributed by atoms with E-state index in [0.717, 1.165) is 25.9 Å². The molecule has 0 radical (unpaired) electrons. The molecule has 0 aliphatic carbocycles. The second kappa shape index (κ2) is 31.4. The van der Waals surface area contributed by atoms with Crippen LogP contribution in [-0.2, 0) is 33.2 Å². The Labute approximate surface area is 172 Å². The summed E-state index contributed by atoms with van der Waals surface area (Å²) in [6.45, 7) is 8.26. The fourth-order valence-corrected chi connectivity index (χ4v) is 1.70. The Morgan fingerprint density at radius 2 is 1.14 bits per heavy atom. The van der Waals surface area contributed by atoms with Crippen molar-refractivity contribution in [1.29, 1.82) is 0 Å². The molecule has 0 amide bonds. The lowest BCUT2D eigenvalue weighted by molar-refractivity contribution is -0.0805. The first kappa shape index (κ1) is 32.3. The highest BCUT2D eigenvalue weighted by Crippen LogP contribution is 1.99. The maximum Gasteiger partial charge on any atom is 0.104 e. The Balaban J connectivity index is -0.000000915. The molecule has 0 aromatic rings. The van der Waals surface area contributed by atoms with Gasteiger partial charge in [0.05, 0.1) is 26.4 Å². The molecule has 0 aromatic carbocycles. The Morgan fingerprint density at radius 3 is 1.68 bits per heavy atom. The van der Waals surface area contributed by atoms with Gasteiger partial charge in [0.1, 0.15) is 12.2 Å². The van der Waals surface area contributed by atoms with E-state index in [4.69, 9.17) is 23.7 Å². The van der Waals surface area contributed by atoms with Gasteiger partial charge >= 0.3 is 0 Å². The van der Waals surface area contributed by atoms with Crippen LogP contribution in [0.4, 0.5) is 0 Å². The van der Waals surface area contributed by atoms with Gasteiger partial charge in [0.15, 0.2) is 0 Å². The summed E-state index contributed by atoms with van der Waals surface area (Å²) in [7, 11) is 8.16. The van der Waals surface area contributed by atoms with E-state index in [1.165, 1.54) is 0 Å². The van der Waals surface area contributed by atoms with Crippen LogP contribution in [0.3, 0.4) is 0 Å². The normalized spacial score (nSPS) is 12.4. The van der Waals surface area contributed by atoms with Crippen LogP contribution in [0.1, 0.15) is 33.1 Å². The molecule has 0 heterocycles. The Bertz CT molecular complexity index is 242. The minimum atomic E-state index is -0.620. The third-order valence-corrected chi connectivity index (χ3v) is 2.77. The molecule has 8 nitrogen and oxygen atoms in total. The van der Waals surface area contributed by atoms with Gasteiger partial charge in [0, 0.05) is 62.0 Å². The predicted molar refractivity (Wildman–Crippen MR) is 111 cm³/mol. The van der Waals surface area contributed by atoms with Crippen LogP contribution in [0.15, 0.2) is 0 Å². The lowest BCUT2D eigenvalue weighted by Crippen LogP contribution is -2.30. The van der Waals surface area contributed by atoms with E-state index in [1.54, 1.807) is 35.5 Å². The number of hydrogen-bond acceptors (Lipinski definition) is 8. The SMILES string of the molecule is CCCOCC(COCC(O)COCCCOC)OCCC.COC.COC. The lowest BCUT2D eigenvalue weighted by atomic mass is 10.3. The molecule has 2 atom stereocenters. The molecule has 0 fully saturated rings. The van der Waals surface area contributed by atoms with E-state index in [9.17, 15) is 5.11 Å². The van der Waals surface area contributed by atoms with Crippen LogP contribution < -0.4 is 0 Å². The van der Waals surface area contributed by atoms with Crippen molar-refractivity contribution < 1.29 is 38.3 Å². The second-order valence-electron chi connectivity index (χ2n) is 6.00. The smallest absolute Gasteiger partial charge is 0.104 e. The van der Waals surface area contributed by atoms with Crippen LogP contribution in [0.2, 0.25) is 0 Å². The summed E-state index contributed by atoms with van der Waals surface area (Å²) in [5.74, 6) is 0. The van der Waals surface area contributed by atoms with Gasteiger partial charge in [-0.2, -0.15) is 0 Å². The van der Waals surface area contributed by atoms with Crippen molar-refractivity contribution in [3.05, 3.63) is 0 Å². The number of ether oxygens (including phenoxy) is 7. The number of hydrogen-bond donors (Lipinski definition) is 1. The number of rotatable bonds is 17. The van der Waals surface area contributed by atoms with Gasteiger partial charge in [-0.1, -0.05) is 13.8 Å². The highest BCUT2D eigenvalue weighted by Gasteiger charge is 2.11. The molecule has 0 bridgehead atoms. The molecule has 0 rings (SSSR count). The molecule has 0 aliphatic heterocycles. The topological polar surface area (TPSA) is 84.8 Å². The predicted octanol–water partition coefficient (Wildman–Crippen LogP) is 2.16. The van der Waals surface area contributed by atoms with Crippen LogP contribution in [0, 0.1) is 0 Å². The van der Waals surface area contributed by atoms with E-state index in [1.807, 2.05) is 0 Å². The third-order valence-electron chi connectivity index (χ3n) is 2.77. The van der Waals surface area contributed by atoms with Gasteiger partial charge in [0.2, 0.25) is 0 Å². The molecule has 28 heavy (non-hydrogen) atoms. The first-order chi connectivity index (χ1) is 13.6. The molecule has 2 unspecified atom stereocenters. The van der Waals surface area contributed by atoms with Crippen molar-refractivity contribution in [1.82, 2.24) is 0 Å². The number of methoxy groups -OCH3 is 3. The van der Waals surface area contributed by atoms with Gasteiger partial charge in [-0.05, 0) is 19.3 Å². The van der Waals surface area contributed by atoms with E-state index >= 15 is 0 Å². The number of aliphatic hydroxyl groups is 1. The van der Waals surface area contributed by atoms with E-state index in [0.29, 0.717) is 33.0 Å². The van der Waals surface area contributed by atoms with Gasteiger partial charge in [0.25, 0.3) is 0 Å². The summed E-state index contributed by atoms with van der Waals surface area (Å²) >= 11 is 0. The molecule has 0 saturated heterocycles. The van der Waals surface area contributed by atoms with Crippen LogP contribution in [0.5, 0.6) is 0 Å². The van der Waals surface area contributed by atoms with Gasteiger partial charge in [-0.25, -0.2) is 0 Å². The fraction of sp³-hybridized carbons (Fsp3) is 1.00. The molecule has 1 N–H and O–H groups in total. The first-order valence-electron chi connectivity index (χ1n) is 9.89. The molecule has 0 saturated carbocycles. The lowest BCUT2D eigenvalue weighted by Gasteiger charge is -2.19. The minimum absolute atomic E-state index is 0.0821. The number of aliphatic hydroxyl groups excluding tert-OH is 1. The standard InChI is InChI=1S/C16H34O6.2C2H6O/c1-4-7-19-13-16(22-8-5-2)14-21-12-15(17)11-20-10-6-9-18-3;2*1-3-2/h15-17H,4-14H2,1-3H3;2*1-2H3. The monoisotopic (exact) mass is 414 g/mol. The summed E-state index contributed by atoms with van der Waals surface area (Å²) in [4.78, 5) is 0. The molecular weight excluding hydrogens is 368 g/mol. The molecule has 0 spiro atoms. The Morgan fingerprint density at radius 1 is 0.643 bits per heavy atom. The van der Waals surface area contributed by atoms with Crippen molar-refractivity contribution in [3.63, 3.8) is 0 Å². The van der Waals surface area contributed by atoms with Gasteiger partial charge < -0.3 is 38.3 Å². The summed E-state index contributed by atoms with van der Waals surface area (Å²) in [5.41, 5.74) is 0. The second-order valence-corrected chi connectivity index (χ2v) is 6.00. The largest absolute Gasteiger partial charge is 0.388 e. The van der Waals surface area contributed by atoms with Crippen molar-refractivity contribution in [2.75, 3.05) is 88.4 Å². The quantitative estimate of drug-likeness (QED) is 0.363. The van der Waals surface area contributed by atoms with Crippen LogP contribution >= 0.6 is 0 Å². The first-order valence-corrected chi connectivity index (χ1v) is 9.89. The van der Waals surface area contributed by atoms with E-state index < -0.39 is 6.10 Å². The van der Waals surface area contributed by atoms with Crippen molar-refractivity contribution >= 4 is 0 Å². The Kier molecular flexibility index (Phi) is 36.2. The third kappa shape index (κ3) is 33.3. The average molecular weight is 415 g/mol. The zero-order chi connectivity index (χ0) is 21.9. The van der Waals surface area contributed by atoms with Gasteiger partial charge in [-0.3, -0.25) is 0 Å². The molecule has 174 valence electrons. The van der Waals surface area contributed by atoms with E-state index in [2.05, 4.69) is 23.3 Å². The zero-order valence-electron chi connectivity index (χ0n) is 19.2. The molecule has 0 aliphatic rings. The minimum Gasteiger partial charge on any atom is -0.388 e. The highest BCUT2D eigenvalue weighted by atomic mass is 16.6. The molecule has 0 aromatic heterocycles. The highest BCUT2D eigenvalue weighted by molar-refractivity contribution is 4.58. The zero-order valence-corrected chi connectivity index (χ0v) is 19.2. The Hall–Kier alpha value is -0.320. The van der Waals surface area contributed by atoms with Crippen molar-refractivity contribution in [3.8, 4) is 0 Å². The van der Waals surface area contributed by atoms with E-state index in [-0.39, 0.29) is 19.3 Å². The summed E-state index contributed by atoms with van der Waals surface area (Å²) < 4.78 is 35.4. The fourth-order valence-electron chi connectivity index (χ4n) is 1.70. The average Bonchev–Trinajstić information content (AvgIpc) is 2.67. The maximum atomic E-state index is 9.76.